The van der Waals surface area contributed by atoms with Gasteiger partial charge in [-0.2, -0.15) is 0 Å². The highest BCUT2D eigenvalue weighted by Gasteiger charge is 2.15. The van der Waals surface area contributed by atoms with Crippen LogP contribution in [-0.2, 0) is 24.2 Å². The van der Waals surface area contributed by atoms with E-state index in [1.54, 1.807) is 0 Å². The quantitative estimate of drug-likeness (QED) is 0.425. The van der Waals surface area contributed by atoms with Gasteiger partial charge in [0.15, 0.2) is 0 Å². The number of anilines is 1. The van der Waals surface area contributed by atoms with Crippen molar-refractivity contribution in [1.29, 1.82) is 0 Å². The molecule has 0 unspecified atom stereocenters. The number of benzene rings is 3. The maximum absolute atomic E-state index is 12.1. The van der Waals surface area contributed by atoms with Crippen molar-refractivity contribution < 1.29 is 19.2 Å². The van der Waals surface area contributed by atoms with Crippen LogP contribution in [-0.4, -0.2) is 11.0 Å². The fourth-order valence-corrected chi connectivity index (χ4v) is 3.44. The lowest BCUT2D eigenvalue weighted by Gasteiger charge is -2.11. The van der Waals surface area contributed by atoms with E-state index in [-0.39, 0.29) is 23.7 Å². The molecule has 0 saturated carbocycles. The minimum Gasteiger partial charge on any atom is -0.457 e. The Balaban J connectivity index is 1.48. The monoisotopic (exact) mass is 404 g/mol. The number of ether oxygens (including phenoxy) is 2. The number of fused-ring (bicyclic) bond motifs is 1. The van der Waals surface area contributed by atoms with Gasteiger partial charge in [-0.25, -0.2) is 4.79 Å². The summed E-state index contributed by atoms with van der Waals surface area (Å²) in [6.45, 7) is 0.0973. The van der Waals surface area contributed by atoms with E-state index in [2.05, 4.69) is 5.32 Å². The first-order chi connectivity index (χ1) is 14.6. The van der Waals surface area contributed by atoms with E-state index in [0.717, 1.165) is 24.8 Å². The molecule has 7 heteroatoms. The van der Waals surface area contributed by atoms with Gasteiger partial charge in [0.2, 0.25) is 0 Å². The first kappa shape index (κ1) is 19.4. The number of nitro benzene ring substituents is 1. The number of carbonyl (C=O) groups excluding carboxylic acids is 1. The summed E-state index contributed by atoms with van der Waals surface area (Å²) in [5.41, 5.74) is 3.42. The van der Waals surface area contributed by atoms with Crippen LogP contribution in [0.5, 0.6) is 11.5 Å². The van der Waals surface area contributed by atoms with Crippen molar-refractivity contribution >= 4 is 17.5 Å². The van der Waals surface area contributed by atoms with Gasteiger partial charge in [-0.1, -0.05) is 36.4 Å². The second-order valence-electron chi connectivity index (χ2n) is 7.05. The fourth-order valence-electron chi connectivity index (χ4n) is 3.44. The van der Waals surface area contributed by atoms with Gasteiger partial charge in [0.25, 0.3) is 5.69 Å². The summed E-state index contributed by atoms with van der Waals surface area (Å²) in [4.78, 5) is 22.9. The molecule has 3 aromatic carbocycles. The van der Waals surface area contributed by atoms with E-state index >= 15 is 0 Å². The summed E-state index contributed by atoms with van der Waals surface area (Å²) in [7, 11) is 0. The molecule has 0 heterocycles. The minimum absolute atomic E-state index is 0.0973. The van der Waals surface area contributed by atoms with Crippen LogP contribution in [0.2, 0.25) is 0 Å². The molecule has 0 spiro atoms. The van der Waals surface area contributed by atoms with Crippen molar-refractivity contribution in [2.24, 2.45) is 0 Å². The molecule has 1 aliphatic carbocycles. The van der Waals surface area contributed by atoms with Gasteiger partial charge in [-0.05, 0) is 48.1 Å². The smallest absolute Gasteiger partial charge is 0.411 e. The molecular formula is C23H20N2O5. The number of hydrogen-bond acceptors (Lipinski definition) is 5. The third-order valence-corrected chi connectivity index (χ3v) is 4.87. The van der Waals surface area contributed by atoms with E-state index in [4.69, 9.17) is 9.47 Å². The molecule has 0 fully saturated rings. The summed E-state index contributed by atoms with van der Waals surface area (Å²) in [6, 6.07) is 19.2. The second kappa shape index (κ2) is 8.65. The molecule has 30 heavy (non-hydrogen) atoms. The molecule has 0 atom stereocenters. The zero-order chi connectivity index (χ0) is 20.9. The zero-order valence-corrected chi connectivity index (χ0v) is 16.2. The van der Waals surface area contributed by atoms with Crippen LogP contribution in [0.25, 0.3) is 0 Å². The highest BCUT2D eigenvalue weighted by atomic mass is 16.6. The number of rotatable bonds is 6. The molecule has 1 aliphatic rings. The summed E-state index contributed by atoms with van der Waals surface area (Å²) in [5.74, 6) is 0.870. The molecule has 1 amide bonds. The first-order valence-corrected chi connectivity index (χ1v) is 9.64. The molecule has 0 saturated heterocycles. The molecule has 7 nitrogen and oxygen atoms in total. The molecular weight excluding hydrogens is 384 g/mol. The number of nitrogens with zero attached hydrogens (tertiary/aromatic N) is 1. The van der Waals surface area contributed by atoms with E-state index in [0.29, 0.717) is 5.75 Å². The van der Waals surface area contributed by atoms with E-state index < -0.39 is 11.0 Å². The van der Waals surface area contributed by atoms with Gasteiger partial charge in [-0.3, -0.25) is 15.4 Å². The molecule has 0 radical (unpaired) electrons. The normalized spacial score (nSPS) is 12.1. The number of nitrogens with one attached hydrogen (secondary N) is 1. The number of amides is 1. The van der Waals surface area contributed by atoms with Crippen molar-refractivity contribution in [3.63, 3.8) is 0 Å². The third kappa shape index (κ3) is 4.75. The molecule has 0 aromatic heterocycles. The van der Waals surface area contributed by atoms with Crippen molar-refractivity contribution in [2.75, 3.05) is 5.32 Å². The van der Waals surface area contributed by atoms with Crippen LogP contribution in [0.1, 0.15) is 23.1 Å². The second-order valence-corrected chi connectivity index (χ2v) is 7.05. The molecule has 0 bridgehead atoms. The molecule has 4 rings (SSSR count). The number of aryl methyl sites for hydroxylation is 2. The maximum atomic E-state index is 12.1. The lowest BCUT2D eigenvalue weighted by atomic mass is 10.1. The van der Waals surface area contributed by atoms with Crippen molar-refractivity contribution in [1.82, 2.24) is 0 Å². The van der Waals surface area contributed by atoms with E-state index in [1.807, 2.05) is 48.5 Å². The first-order valence-electron chi connectivity index (χ1n) is 9.64. The molecule has 152 valence electrons. The predicted molar refractivity (Wildman–Crippen MR) is 112 cm³/mol. The third-order valence-electron chi connectivity index (χ3n) is 4.87. The van der Waals surface area contributed by atoms with Crippen LogP contribution in [0.3, 0.4) is 0 Å². The van der Waals surface area contributed by atoms with Gasteiger partial charge in [0, 0.05) is 12.1 Å². The summed E-state index contributed by atoms with van der Waals surface area (Å²) >= 11 is 0. The van der Waals surface area contributed by atoms with Gasteiger partial charge in [-0.15, -0.1) is 0 Å². The number of carbonyl (C=O) groups is 1. The van der Waals surface area contributed by atoms with Crippen molar-refractivity contribution in [3.05, 3.63) is 93.5 Å². The lowest BCUT2D eigenvalue weighted by molar-refractivity contribution is -0.384. The number of non-ortho nitro benzene ring substituents is 1. The Morgan fingerprint density at radius 1 is 0.967 bits per heavy atom. The van der Waals surface area contributed by atoms with Gasteiger partial charge < -0.3 is 9.47 Å². The van der Waals surface area contributed by atoms with E-state index in [1.165, 1.54) is 29.3 Å². The van der Waals surface area contributed by atoms with Crippen LogP contribution in [0.4, 0.5) is 16.2 Å². The van der Waals surface area contributed by atoms with Gasteiger partial charge in [0.05, 0.1) is 16.7 Å². The summed E-state index contributed by atoms with van der Waals surface area (Å²) in [5, 5.41) is 13.8. The topological polar surface area (TPSA) is 90.7 Å². The Kier molecular flexibility index (Phi) is 5.61. The van der Waals surface area contributed by atoms with Gasteiger partial charge in [0.1, 0.15) is 18.1 Å². The summed E-state index contributed by atoms with van der Waals surface area (Å²) in [6.07, 6.45) is 2.48. The van der Waals surface area contributed by atoms with Crippen LogP contribution < -0.4 is 10.1 Å². The Bertz CT molecular complexity index is 1080. The zero-order valence-electron chi connectivity index (χ0n) is 16.2. The molecule has 1 N–H and O–H groups in total. The number of nitro groups is 1. The fraction of sp³-hybridized carbons (Fsp3) is 0.174. The number of hydrogen-bond donors (Lipinski definition) is 1. The SMILES string of the molecule is O=C(Nc1cc(Oc2ccc3c(c2)CCC3)cc([N+](=O)[O-])c1)OCc1ccccc1. The Labute approximate surface area is 173 Å². The standard InChI is InChI=1S/C23H20N2O5/c26-23(29-15-16-5-2-1-3-6-16)24-19-12-20(25(27)28)14-22(13-19)30-21-10-9-17-7-4-8-18(17)11-21/h1-3,5-6,9-14H,4,7-8,15H2,(H,24,26). The van der Waals surface area contributed by atoms with Crippen molar-refractivity contribution in [2.45, 2.75) is 25.9 Å². The Hall–Kier alpha value is -3.87. The Morgan fingerprint density at radius 2 is 1.77 bits per heavy atom. The predicted octanol–water partition coefficient (Wildman–Crippen LogP) is 5.62. The Morgan fingerprint density at radius 3 is 2.57 bits per heavy atom. The van der Waals surface area contributed by atoms with Crippen molar-refractivity contribution in [3.8, 4) is 11.5 Å². The van der Waals surface area contributed by atoms with Crippen LogP contribution in [0, 0.1) is 10.1 Å². The molecule has 3 aromatic rings. The van der Waals surface area contributed by atoms with E-state index in [9.17, 15) is 14.9 Å². The van der Waals surface area contributed by atoms with Gasteiger partial charge >= 0.3 is 6.09 Å². The largest absolute Gasteiger partial charge is 0.457 e. The summed E-state index contributed by atoms with van der Waals surface area (Å²) < 4.78 is 11.0. The van der Waals surface area contributed by atoms with Crippen LogP contribution >= 0.6 is 0 Å². The molecule has 0 aliphatic heterocycles. The van der Waals surface area contributed by atoms with Crippen LogP contribution in [0.15, 0.2) is 66.7 Å². The highest BCUT2D eigenvalue weighted by molar-refractivity contribution is 5.85. The average molecular weight is 404 g/mol. The highest BCUT2D eigenvalue weighted by Crippen LogP contribution is 2.32. The lowest BCUT2D eigenvalue weighted by Crippen LogP contribution is -2.13. The minimum atomic E-state index is -0.706. The maximum Gasteiger partial charge on any atom is 0.411 e. The average Bonchev–Trinajstić information content (AvgIpc) is 3.21.